The van der Waals surface area contributed by atoms with Crippen LogP contribution in [0.1, 0.15) is 18.5 Å². The Bertz CT molecular complexity index is 715. The molecule has 0 aromatic carbocycles. The SMILES string of the molecule is CN/C(=C1/N=CN(CC2(O)CCN(C)CC2)C(=O)C1=N)c1ccn[nH]1. The van der Waals surface area contributed by atoms with Crippen molar-refractivity contribution in [3.8, 4) is 0 Å². The fourth-order valence-corrected chi connectivity index (χ4v) is 3.08. The predicted octanol–water partition coefficient (Wildman–Crippen LogP) is -0.355. The summed E-state index contributed by atoms with van der Waals surface area (Å²) in [6, 6.07) is 1.74. The third kappa shape index (κ3) is 3.47. The Morgan fingerprint density at radius 1 is 1.48 bits per heavy atom. The van der Waals surface area contributed by atoms with Crippen LogP contribution in [0.15, 0.2) is 23.0 Å². The first-order valence-corrected chi connectivity index (χ1v) is 8.20. The number of hydrogen-bond donors (Lipinski definition) is 4. The zero-order valence-corrected chi connectivity index (χ0v) is 14.4. The molecular formula is C16H23N7O2. The van der Waals surface area contributed by atoms with Crippen molar-refractivity contribution in [3.05, 3.63) is 23.7 Å². The third-order valence-electron chi connectivity index (χ3n) is 4.68. The van der Waals surface area contributed by atoms with E-state index in [9.17, 15) is 9.90 Å². The molecule has 0 bridgehead atoms. The van der Waals surface area contributed by atoms with E-state index in [1.165, 1.54) is 11.2 Å². The number of amides is 1. The molecule has 3 rings (SSSR count). The van der Waals surface area contributed by atoms with Crippen LogP contribution in [0.4, 0.5) is 0 Å². The van der Waals surface area contributed by atoms with Crippen molar-refractivity contribution in [3.63, 3.8) is 0 Å². The number of nitrogens with zero attached hydrogens (tertiary/aromatic N) is 4. The summed E-state index contributed by atoms with van der Waals surface area (Å²) < 4.78 is 0. The Labute approximate surface area is 145 Å². The van der Waals surface area contributed by atoms with E-state index < -0.39 is 11.5 Å². The molecule has 1 aromatic heterocycles. The topological polar surface area (TPSA) is 121 Å². The number of β-amino-alcohol motifs (C(OH)–C–C–N with tert-alkyl or cyclic N) is 1. The first-order valence-electron chi connectivity index (χ1n) is 8.20. The predicted molar refractivity (Wildman–Crippen MR) is 94.2 cm³/mol. The monoisotopic (exact) mass is 345 g/mol. The Kier molecular flexibility index (Phi) is 4.69. The lowest BCUT2D eigenvalue weighted by molar-refractivity contribution is -0.124. The number of H-pyrrole nitrogens is 1. The van der Waals surface area contributed by atoms with Crippen LogP contribution in [0.5, 0.6) is 0 Å². The molecule has 0 unspecified atom stereocenters. The number of piperidine rings is 1. The maximum absolute atomic E-state index is 12.6. The van der Waals surface area contributed by atoms with Gasteiger partial charge < -0.3 is 15.3 Å². The molecule has 1 fully saturated rings. The van der Waals surface area contributed by atoms with Crippen LogP contribution in [0.25, 0.3) is 5.70 Å². The van der Waals surface area contributed by atoms with Crippen LogP contribution in [-0.2, 0) is 4.79 Å². The number of aliphatic hydroxyl groups is 1. The summed E-state index contributed by atoms with van der Waals surface area (Å²) in [5.74, 6) is -0.468. The van der Waals surface area contributed by atoms with E-state index in [0.29, 0.717) is 24.2 Å². The highest BCUT2D eigenvalue weighted by Gasteiger charge is 2.37. The van der Waals surface area contributed by atoms with E-state index in [1.807, 2.05) is 7.05 Å². The molecule has 1 saturated heterocycles. The highest BCUT2D eigenvalue weighted by Crippen LogP contribution is 2.25. The molecule has 0 radical (unpaired) electrons. The van der Waals surface area contributed by atoms with Gasteiger partial charge in [-0.1, -0.05) is 0 Å². The molecule has 0 spiro atoms. The molecule has 9 heteroatoms. The lowest BCUT2D eigenvalue weighted by atomic mass is 9.91. The Balaban J connectivity index is 1.83. The molecule has 134 valence electrons. The van der Waals surface area contributed by atoms with Crippen molar-refractivity contribution in [2.75, 3.05) is 33.7 Å². The van der Waals surface area contributed by atoms with Crippen molar-refractivity contribution in [2.45, 2.75) is 18.4 Å². The number of aromatic nitrogens is 2. The average molecular weight is 345 g/mol. The van der Waals surface area contributed by atoms with E-state index in [1.54, 1.807) is 19.3 Å². The Morgan fingerprint density at radius 3 is 2.80 bits per heavy atom. The van der Waals surface area contributed by atoms with E-state index in [0.717, 1.165) is 13.1 Å². The third-order valence-corrected chi connectivity index (χ3v) is 4.68. The van der Waals surface area contributed by atoms with Gasteiger partial charge in [-0.25, -0.2) is 4.99 Å². The van der Waals surface area contributed by atoms with Crippen molar-refractivity contribution in [1.29, 1.82) is 5.41 Å². The number of aliphatic imine (C=N–C) groups is 1. The van der Waals surface area contributed by atoms with Crippen LogP contribution < -0.4 is 5.32 Å². The number of aromatic amines is 1. The second-order valence-corrected chi connectivity index (χ2v) is 6.52. The van der Waals surface area contributed by atoms with Gasteiger partial charge in [-0.2, -0.15) is 5.10 Å². The normalized spacial score (nSPS) is 23.1. The summed E-state index contributed by atoms with van der Waals surface area (Å²) in [5.41, 5.74) is 0.283. The molecular weight excluding hydrogens is 322 g/mol. The first kappa shape index (κ1) is 17.3. The molecule has 0 atom stereocenters. The van der Waals surface area contributed by atoms with Crippen LogP contribution in [-0.4, -0.2) is 82.4 Å². The van der Waals surface area contributed by atoms with Gasteiger partial charge in [0.25, 0.3) is 5.91 Å². The molecule has 4 N–H and O–H groups in total. The zero-order valence-electron chi connectivity index (χ0n) is 14.4. The standard InChI is InChI=1S/C16H23N7O2/c1-18-13(11-3-6-20-21-11)14-12(17)15(24)23(10-19-14)9-16(25)4-7-22(2)8-5-16/h3,6,10,17-18,25H,4-5,7-9H2,1-2H3,(H,20,21)/b14-13+,17-12?. The fourth-order valence-electron chi connectivity index (χ4n) is 3.08. The molecule has 1 amide bonds. The highest BCUT2D eigenvalue weighted by molar-refractivity contribution is 6.47. The fraction of sp³-hybridized carbons (Fsp3) is 0.500. The second kappa shape index (κ2) is 6.77. The summed E-state index contributed by atoms with van der Waals surface area (Å²) in [6.45, 7) is 1.71. The van der Waals surface area contributed by atoms with Crippen LogP contribution in [0.3, 0.4) is 0 Å². The minimum absolute atomic E-state index is 0.151. The molecule has 9 nitrogen and oxygen atoms in total. The van der Waals surface area contributed by atoms with E-state index in [-0.39, 0.29) is 18.0 Å². The maximum Gasteiger partial charge on any atom is 0.279 e. The number of hydrogen-bond acceptors (Lipinski definition) is 7. The van der Waals surface area contributed by atoms with Gasteiger partial charge in [-0.05, 0) is 26.0 Å². The van der Waals surface area contributed by atoms with Gasteiger partial charge in [-0.15, -0.1) is 0 Å². The first-order chi connectivity index (χ1) is 11.9. The second-order valence-electron chi connectivity index (χ2n) is 6.52. The molecule has 3 heterocycles. The summed E-state index contributed by atoms with van der Waals surface area (Å²) in [4.78, 5) is 20.4. The largest absolute Gasteiger partial charge is 0.388 e. The lowest BCUT2D eigenvalue weighted by Gasteiger charge is -2.39. The van der Waals surface area contributed by atoms with Crippen molar-refractivity contribution in [1.82, 2.24) is 25.3 Å². The van der Waals surface area contributed by atoms with Gasteiger partial charge in [0.05, 0.1) is 29.9 Å². The van der Waals surface area contributed by atoms with E-state index >= 15 is 0 Å². The van der Waals surface area contributed by atoms with Gasteiger partial charge in [0, 0.05) is 26.3 Å². The molecule has 1 aromatic rings. The van der Waals surface area contributed by atoms with E-state index in [2.05, 4.69) is 25.4 Å². The average Bonchev–Trinajstić information content (AvgIpc) is 3.12. The smallest absolute Gasteiger partial charge is 0.279 e. The van der Waals surface area contributed by atoms with Crippen molar-refractivity contribution >= 4 is 23.7 Å². The Morgan fingerprint density at radius 2 is 2.20 bits per heavy atom. The zero-order chi connectivity index (χ0) is 18.0. The minimum Gasteiger partial charge on any atom is -0.388 e. The number of rotatable bonds is 4. The molecule has 2 aliphatic heterocycles. The Hall–Kier alpha value is -2.52. The molecule has 2 aliphatic rings. The van der Waals surface area contributed by atoms with Crippen molar-refractivity contribution in [2.24, 2.45) is 4.99 Å². The highest BCUT2D eigenvalue weighted by atomic mass is 16.3. The quantitative estimate of drug-likeness (QED) is 0.594. The van der Waals surface area contributed by atoms with Gasteiger partial charge in [0.2, 0.25) is 0 Å². The van der Waals surface area contributed by atoms with Crippen LogP contribution in [0, 0.1) is 5.41 Å². The molecule has 25 heavy (non-hydrogen) atoms. The lowest BCUT2D eigenvalue weighted by Crippen LogP contribution is -2.53. The maximum atomic E-state index is 12.6. The summed E-state index contributed by atoms with van der Waals surface area (Å²) in [7, 11) is 3.71. The number of nitrogens with one attached hydrogen (secondary N) is 3. The number of likely N-dealkylation sites (tertiary alicyclic amines) is 1. The van der Waals surface area contributed by atoms with Crippen molar-refractivity contribution < 1.29 is 9.90 Å². The minimum atomic E-state index is -0.940. The summed E-state index contributed by atoms with van der Waals surface area (Å²) in [6.07, 6.45) is 4.17. The van der Waals surface area contributed by atoms with Gasteiger partial charge >= 0.3 is 0 Å². The van der Waals surface area contributed by atoms with Gasteiger partial charge in [-0.3, -0.25) is 20.2 Å². The number of carbonyl (C=O) groups is 1. The van der Waals surface area contributed by atoms with Gasteiger partial charge in [0.1, 0.15) is 11.4 Å². The van der Waals surface area contributed by atoms with E-state index in [4.69, 9.17) is 5.41 Å². The van der Waals surface area contributed by atoms with Crippen LogP contribution in [0.2, 0.25) is 0 Å². The molecule has 0 aliphatic carbocycles. The summed E-state index contributed by atoms with van der Waals surface area (Å²) >= 11 is 0. The van der Waals surface area contributed by atoms with Crippen LogP contribution >= 0.6 is 0 Å². The van der Waals surface area contributed by atoms with Gasteiger partial charge in [0.15, 0.2) is 0 Å². The summed E-state index contributed by atoms with van der Waals surface area (Å²) in [5, 5.41) is 28.6. The number of carbonyl (C=O) groups excluding carboxylic acids is 1. The molecule has 0 saturated carbocycles.